The quantitative estimate of drug-likeness (QED) is 0.330. The van der Waals surface area contributed by atoms with Crippen LogP contribution in [0.2, 0.25) is 5.02 Å². The van der Waals surface area contributed by atoms with Gasteiger partial charge in [0.2, 0.25) is 5.88 Å². The topological polar surface area (TPSA) is 59.5 Å². The molecule has 1 N–H and O–H groups in total. The van der Waals surface area contributed by atoms with Crippen LogP contribution in [0, 0.1) is 0 Å². The van der Waals surface area contributed by atoms with Gasteiger partial charge in [0.05, 0.1) is 30.9 Å². The molecule has 2 aromatic heterocycles. The third-order valence-corrected chi connectivity index (χ3v) is 5.84. The van der Waals surface area contributed by atoms with Crippen LogP contribution in [0.25, 0.3) is 21.9 Å². The van der Waals surface area contributed by atoms with Crippen LogP contribution >= 0.6 is 11.6 Å². The standard InChI is InChI=1S/C25H27ClN4O2/c1-5-30(6-2)15-16-13-18(8-11-22(16)31-3)27-24-19-9-7-17(26)14-21(19)28-20-10-12-23(32-4)29-25(20)24/h7-14H,5-6,15H2,1-4H3,(H,27,28). The second-order valence-electron chi connectivity index (χ2n) is 7.48. The summed E-state index contributed by atoms with van der Waals surface area (Å²) in [5.41, 5.74) is 5.23. The lowest BCUT2D eigenvalue weighted by Gasteiger charge is -2.21. The smallest absolute Gasteiger partial charge is 0.213 e. The van der Waals surface area contributed by atoms with E-state index in [0.717, 1.165) is 64.3 Å². The van der Waals surface area contributed by atoms with E-state index in [9.17, 15) is 0 Å². The van der Waals surface area contributed by atoms with Gasteiger partial charge < -0.3 is 14.8 Å². The molecular formula is C25H27ClN4O2. The fourth-order valence-electron chi connectivity index (χ4n) is 3.83. The Morgan fingerprint density at radius 3 is 2.44 bits per heavy atom. The molecule has 0 fully saturated rings. The van der Waals surface area contributed by atoms with E-state index in [0.29, 0.717) is 10.9 Å². The minimum absolute atomic E-state index is 0.535. The number of nitrogens with zero attached hydrogens (tertiary/aromatic N) is 3. The Labute approximate surface area is 193 Å². The average molecular weight is 451 g/mol. The van der Waals surface area contributed by atoms with Gasteiger partial charge >= 0.3 is 0 Å². The molecule has 32 heavy (non-hydrogen) atoms. The molecule has 7 heteroatoms. The van der Waals surface area contributed by atoms with E-state index < -0.39 is 0 Å². The maximum Gasteiger partial charge on any atom is 0.213 e. The van der Waals surface area contributed by atoms with Crippen molar-refractivity contribution in [1.29, 1.82) is 0 Å². The Balaban J connectivity index is 1.85. The fourth-order valence-corrected chi connectivity index (χ4v) is 3.99. The lowest BCUT2D eigenvalue weighted by atomic mass is 10.1. The second-order valence-corrected chi connectivity index (χ2v) is 7.92. The summed E-state index contributed by atoms with van der Waals surface area (Å²) in [6, 6.07) is 15.6. The first-order valence-corrected chi connectivity index (χ1v) is 11.0. The number of aromatic nitrogens is 2. The summed E-state index contributed by atoms with van der Waals surface area (Å²) in [7, 11) is 3.32. The lowest BCUT2D eigenvalue weighted by molar-refractivity contribution is 0.289. The molecule has 0 bridgehead atoms. The predicted molar refractivity (Wildman–Crippen MR) is 132 cm³/mol. The van der Waals surface area contributed by atoms with Crippen molar-refractivity contribution < 1.29 is 9.47 Å². The van der Waals surface area contributed by atoms with E-state index in [4.69, 9.17) is 26.1 Å². The zero-order chi connectivity index (χ0) is 22.7. The molecule has 2 aromatic carbocycles. The zero-order valence-corrected chi connectivity index (χ0v) is 19.5. The highest BCUT2D eigenvalue weighted by atomic mass is 35.5. The van der Waals surface area contributed by atoms with E-state index in [1.165, 1.54) is 0 Å². The Bertz CT molecular complexity index is 1260. The molecule has 0 saturated carbocycles. The zero-order valence-electron chi connectivity index (χ0n) is 18.8. The molecule has 0 amide bonds. The van der Waals surface area contributed by atoms with E-state index in [-0.39, 0.29) is 0 Å². The number of nitrogens with one attached hydrogen (secondary N) is 1. The molecule has 166 valence electrons. The van der Waals surface area contributed by atoms with E-state index in [1.807, 2.05) is 42.5 Å². The molecule has 4 aromatic rings. The molecule has 4 rings (SSSR count). The molecule has 0 saturated heterocycles. The summed E-state index contributed by atoms with van der Waals surface area (Å²) in [4.78, 5) is 11.8. The van der Waals surface area contributed by atoms with Gasteiger partial charge in [-0.15, -0.1) is 0 Å². The monoisotopic (exact) mass is 450 g/mol. The number of hydrogen-bond donors (Lipinski definition) is 1. The van der Waals surface area contributed by atoms with Gasteiger partial charge in [-0.2, -0.15) is 0 Å². The first kappa shape index (κ1) is 22.1. The Hall–Kier alpha value is -3.09. The molecule has 0 spiro atoms. The number of benzene rings is 2. The number of halogens is 1. The number of fused-ring (bicyclic) bond motifs is 2. The van der Waals surface area contributed by atoms with Gasteiger partial charge in [0.15, 0.2) is 0 Å². The highest BCUT2D eigenvalue weighted by molar-refractivity contribution is 6.31. The van der Waals surface area contributed by atoms with Gasteiger partial charge in [0, 0.05) is 34.3 Å². The van der Waals surface area contributed by atoms with Crippen molar-refractivity contribution in [2.75, 3.05) is 32.6 Å². The highest BCUT2D eigenvalue weighted by Crippen LogP contribution is 2.35. The van der Waals surface area contributed by atoms with Gasteiger partial charge in [-0.05, 0) is 55.6 Å². The fraction of sp³-hybridized carbons (Fsp3) is 0.280. The largest absolute Gasteiger partial charge is 0.496 e. The Kier molecular flexibility index (Phi) is 6.63. The van der Waals surface area contributed by atoms with Gasteiger partial charge in [-0.1, -0.05) is 25.4 Å². The lowest BCUT2D eigenvalue weighted by Crippen LogP contribution is -2.22. The highest BCUT2D eigenvalue weighted by Gasteiger charge is 2.14. The van der Waals surface area contributed by atoms with Crippen LogP contribution in [0.1, 0.15) is 19.4 Å². The normalized spacial score (nSPS) is 11.3. The summed E-state index contributed by atoms with van der Waals surface area (Å²) < 4.78 is 11.0. The van der Waals surface area contributed by atoms with Crippen molar-refractivity contribution in [1.82, 2.24) is 14.9 Å². The molecular weight excluding hydrogens is 424 g/mol. The van der Waals surface area contributed by atoms with E-state index >= 15 is 0 Å². The average Bonchev–Trinajstić information content (AvgIpc) is 2.82. The molecule has 0 aliphatic carbocycles. The Morgan fingerprint density at radius 1 is 0.906 bits per heavy atom. The molecule has 0 atom stereocenters. The van der Waals surface area contributed by atoms with Crippen molar-refractivity contribution in [3.05, 3.63) is 59.1 Å². The van der Waals surface area contributed by atoms with Crippen molar-refractivity contribution in [2.24, 2.45) is 0 Å². The molecule has 0 radical (unpaired) electrons. The number of pyridine rings is 2. The summed E-state index contributed by atoms with van der Waals surface area (Å²) >= 11 is 6.25. The summed E-state index contributed by atoms with van der Waals surface area (Å²) in [5.74, 6) is 1.41. The molecule has 0 aliphatic rings. The van der Waals surface area contributed by atoms with Crippen LogP contribution in [0.15, 0.2) is 48.5 Å². The van der Waals surface area contributed by atoms with Crippen LogP contribution in [0.5, 0.6) is 11.6 Å². The number of hydrogen-bond acceptors (Lipinski definition) is 6. The molecule has 0 aliphatic heterocycles. The number of methoxy groups -OCH3 is 2. The summed E-state index contributed by atoms with van der Waals surface area (Å²) in [5, 5.41) is 5.16. The Morgan fingerprint density at radius 2 is 1.72 bits per heavy atom. The maximum absolute atomic E-state index is 6.25. The molecule has 6 nitrogen and oxygen atoms in total. The van der Waals surface area contributed by atoms with E-state index in [1.54, 1.807) is 14.2 Å². The van der Waals surface area contributed by atoms with Gasteiger partial charge in [0.1, 0.15) is 11.3 Å². The number of anilines is 2. The van der Waals surface area contributed by atoms with Crippen LogP contribution in [-0.2, 0) is 6.54 Å². The van der Waals surface area contributed by atoms with Crippen LogP contribution in [0.4, 0.5) is 11.4 Å². The third kappa shape index (κ3) is 4.42. The number of ether oxygens (including phenoxy) is 2. The first-order chi connectivity index (χ1) is 15.6. The minimum Gasteiger partial charge on any atom is -0.496 e. The van der Waals surface area contributed by atoms with Crippen LogP contribution in [-0.4, -0.2) is 42.2 Å². The van der Waals surface area contributed by atoms with Crippen molar-refractivity contribution >= 4 is 44.9 Å². The summed E-state index contributed by atoms with van der Waals surface area (Å²) in [6.07, 6.45) is 0. The number of rotatable bonds is 8. The molecule has 0 unspecified atom stereocenters. The first-order valence-electron chi connectivity index (χ1n) is 10.7. The van der Waals surface area contributed by atoms with Gasteiger partial charge in [-0.3, -0.25) is 4.90 Å². The van der Waals surface area contributed by atoms with Gasteiger partial charge in [-0.25, -0.2) is 9.97 Å². The SMILES string of the molecule is CCN(CC)Cc1cc(Nc2c3ccc(Cl)cc3nc3ccc(OC)nc23)ccc1OC. The minimum atomic E-state index is 0.535. The van der Waals surface area contributed by atoms with Crippen molar-refractivity contribution in [3.8, 4) is 11.6 Å². The van der Waals surface area contributed by atoms with Crippen LogP contribution < -0.4 is 14.8 Å². The van der Waals surface area contributed by atoms with Crippen LogP contribution in [0.3, 0.4) is 0 Å². The van der Waals surface area contributed by atoms with E-state index in [2.05, 4.69) is 35.1 Å². The summed E-state index contributed by atoms with van der Waals surface area (Å²) in [6.45, 7) is 7.09. The third-order valence-electron chi connectivity index (χ3n) is 5.60. The second kappa shape index (κ2) is 9.59. The van der Waals surface area contributed by atoms with Crippen molar-refractivity contribution in [3.63, 3.8) is 0 Å². The maximum atomic E-state index is 6.25. The molecule has 2 heterocycles. The predicted octanol–water partition coefficient (Wildman–Crippen LogP) is 6.04. The van der Waals surface area contributed by atoms with Gasteiger partial charge in [0.25, 0.3) is 0 Å². The van der Waals surface area contributed by atoms with Crippen molar-refractivity contribution in [2.45, 2.75) is 20.4 Å².